The molecule has 8 nitrogen and oxygen atoms in total. The lowest BCUT2D eigenvalue weighted by atomic mass is 10.1. The van der Waals surface area contributed by atoms with Crippen LogP contribution in [0.15, 0.2) is 30.5 Å². The zero-order chi connectivity index (χ0) is 23.7. The minimum Gasteiger partial charge on any atom is -0.336 e. The first kappa shape index (κ1) is 22.9. The van der Waals surface area contributed by atoms with Gasteiger partial charge in [0.2, 0.25) is 5.91 Å². The number of fused-ring (bicyclic) bond motifs is 1. The van der Waals surface area contributed by atoms with Crippen LogP contribution in [0, 0.1) is 20.8 Å². The summed E-state index contributed by atoms with van der Waals surface area (Å²) in [6.07, 6.45) is 1.77. The van der Waals surface area contributed by atoms with Crippen LogP contribution in [0.2, 0.25) is 0 Å². The van der Waals surface area contributed by atoms with Crippen molar-refractivity contribution < 1.29 is 9.59 Å². The van der Waals surface area contributed by atoms with Crippen molar-refractivity contribution >= 4 is 28.5 Å². The van der Waals surface area contributed by atoms with Gasteiger partial charge in [-0.3, -0.25) is 14.5 Å². The Morgan fingerprint density at radius 3 is 2.36 bits per heavy atom. The molecule has 1 aromatic carbocycles. The van der Waals surface area contributed by atoms with Crippen molar-refractivity contribution in [2.24, 2.45) is 0 Å². The number of para-hydroxylation sites is 1. The van der Waals surface area contributed by atoms with E-state index >= 15 is 0 Å². The Morgan fingerprint density at radius 2 is 1.73 bits per heavy atom. The number of amides is 2. The number of carbonyl (C=O) groups excluding carboxylic acids is 2. The minimum absolute atomic E-state index is 0.0150. The first-order valence-corrected chi connectivity index (χ1v) is 11.5. The lowest BCUT2D eigenvalue weighted by Crippen LogP contribution is -2.50. The molecule has 0 aliphatic carbocycles. The quantitative estimate of drug-likeness (QED) is 0.647. The van der Waals surface area contributed by atoms with Crippen molar-refractivity contribution in [2.45, 2.75) is 40.7 Å². The van der Waals surface area contributed by atoms with E-state index in [4.69, 9.17) is 0 Å². The summed E-state index contributed by atoms with van der Waals surface area (Å²) in [7, 11) is 0. The van der Waals surface area contributed by atoms with Gasteiger partial charge >= 0.3 is 0 Å². The molecule has 0 unspecified atom stereocenters. The zero-order valence-corrected chi connectivity index (χ0v) is 20.1. The van der Waals surface area contributed by atoms with E-state index in [-0.39, 0.29) is 17.9 Å². The molecular weight excluding hydrogens is 416 g/mol. The maximum Gasteiger partial charge on any atom is 0.255 e. The molecule has 0 saturated carbocycles. The number of hydrogen-bond donors (Lipinski definition) is 1. The Morgan fingerprint density at radius 1 is 1.06 bits per heavy atom. The first-order valence-electron chi connectivity index (χ1n) is 11.5. The standard InChI is InChI=1S/C25H32N6O2/c1-16(2)31-24-20(14-26-31)13-21(19(5)27-24)25(33)30-11-9-29(10-12-30)15-22(32)28-23-17(3)7-6-8-18(23)4/h6-8,13-14,16H,9-12,15H2,1-5H3,(H,28,32). The van der Waals surface area contributed by atoms with Gasteiger partial charge in [-0.15, -0.1) is 0 Å². The normalized spacial score (nSPS) is 14.8. The molecule has 0 atom stereocenters. The fourth-order valence-electron chi connectivity index (χ4n) is 4.33. The number of aryl methyl sites for hydroxylation is 3. The monoisotopic (exact) mass is 448 g/mol. The van der Waals surface area contributed by atoms with Crippen molar-refractivity contribution in [1.82, 2.24) is 24.6 Å². The summed E-state index contributed by atoms with van der Waals surface area (Å²) >= 11 is 0. The Bertz CT molecular complexity index is 1170. The molecule has 33 heavy (non-hydrogen) atoms. The summed E-state index contributed by atoms with van der Waals surface area (Å²) in [4.78, 5) is 34.4. The molecule has 1 saturated heterocycles. The van der Waals surface area contributed by atoms with Gasteiger partial charge in [0.1, 0.15) is 0 Å². The van der Waals surface area contributed by atoms with Crippen LogP contribution < -0.4 is 5.32 Å². The van der Waals surface area contributed by atoms with E-state index in [9.17, 15) is 9.59 Å². The molecule has 1 fully saturated rings. The fraction of sp³-hybridized carbons (Fsp3) is 0.440. The number of piperazine rings is 1. The van der Waals surface area contributed by atoms with E-state index in [0.29, 0.717) is 44.0 Å². The molecule has 2 aromatic heterocycles. The molecule has 0 radical (unpaired) electrons. The number of carbonyl (C=O) groups is 2. The molecule has 1 aliphatic heterocycles. The number of aromatic nitrogens is 3. The smallest absolute Gasteiger partial charge is 0.255 e. The zero-order valence-electron chi connectivity index (χ0n) is 20.1. The van der Waals surface area contributed by atoms with Gasteiger partial charge in [0.05, 0.1) is 24.0 Å². The van der Waals surface area contributed by atoms with E-state index in [1.165, 1.54) is 0 Å². The largest absolute Gasteiger partial charge is 0.336 e. The summed E-state index contributed by atoms with van der Waals surface area (Å²) in [6, 6.07) is 8.08. The highest BCUT2D eigenvalue weighted by Gasteiger charge is 2.25. The van der Waals surface area contributed by atoms with Crippen molar-refractivity contribution in [2.75, 3.05) is 38.0 Å². The Hall–Kier alpha value is -3.26. The topological polar surface area (TPSA) is 83.4 Å². The van der Waals surface area contributed by atoms with E-state index < -0.39 is 0 Å². The SMILES string of the molecule is Cc1cccc(C)c1NC(=O)CN1CCN(C(=O)c2cc3cnn(C(C)C)c3nc2C)CC1. The maximum absolute atomic E-state index is 13.2. The van der Waals surface area contributed by atoms with Crippen LogP contribution in [0.5, 0.6) is 0 Å². The summed E-state index contributed by atoms with van der Waals surface area (Å²) in [5, 5.41) is 8.33. The Kier molecular flexibility index (Phi) is 6.47. The van der Waals surface area contributed by atoms with Gasteiger partial charge < -0.3 is 10.2 Å². The molecule has 0 spiro atoms. The van der Waals surface area contributed by atoms with Crippen LogP contribution in [0.3, 0.4) is 0 Å². The van der Waals surface area contributed by atoms with Gasteiger partial charge in [0, 0.05) is 43.3 Å². The highest BCUT2D eigenvalue weighted by Crippen LogP contribution is 2.22. The van der Waals surface area contributed by atoms with E-state index in [1.54, 1.807) is 6.20 Å². The second-order valence-electron chi connectivity index (χ2n) is 9.10. The van der Waals surface area contributed by atoms with Crippen LogP contribution >= 0.6 is 0 Å². The van der Waals surface area contributed by atoms with Crippen LogP contribution in [0.1, 0.15) is 47.1 Å². The molecule has 3 aromatic rings. The molecule has 2 amide bonds. The van der Waals surface area contributed by atoms with E-state index in [2.05, 4.69) is 34.1 Å². The number of rotatable bonds is 5. The Labute approximate surface area is 194 Å². The third kappa shape index (κ3) is 4.75. The lowest BCUT2D eigenvalue weighted by molar-refractivity contribution is -0.117. The molecule has 4 rings (SSSR count). The molecule has 174 valence electrons. The van der Waals surface area contributed by atoms with Crippen LogP contribution in [-0.4, -0.2) is 69.1 Å². The number of nitrogens with zero attached hydrogens (tertiary/aromatic N) is 5. The van der Waals surface area contributed by atoms with Gasteiger partial charge in [-0.2, -0.15) is 5.10 Å². The number of pyridine rings is 1. The van der Waals surface area contributed by atoms with Crippen LogP contribution in [0.4, 0.5) is 5.69 Å². The second-order valence-corrected chi connectivity index (χ2v) is 9.10. The van der Waals surface area contributed by atoms with Crippen molar-refractivity contribution in [1.29, 1.82) is 0 Å². The highest BCUT2D eigenvalue weighted by atomic mass is 16.2. The number of benzene rings is 1. The lowest BCUT2D eigenvalue weighted by Gasteiger charge is -2.34. The fourth-order valence-corrected chi connectivity index (χ4v) is 4.33. The molecule has 1 N–H and O–H groups in total. The van der Waals surface area contributed by atoms with Gasteiger partial charge in [-0.05, 0) is 51.8 Å². The molecule has 3 heterocycles. The summed E-state index contributed by atoms with van der Waals surface area (Å²) in [5.41, 5.74) is 5.13. The summed E-state index contributed by atoms with van der Waals surface area (Å²) in [6.45, 7) is 12.8. The van der Waals surface area contributed by atoms with E-state index in [0.717, 1.165) is 27.8 Å². The van der Waals surface area contributed by atoms with Crippen LogP contribution in [0.25, 0.3) is 11.0 Å². The molecule has 0 bridgehead atoms. The maximum atomic E-state index is 13.2. The van der Waals surface area contributed by atoms with Gasteiger partial charge in [-0.25, -0.2) is 9.67 Å². The predicted molar refractivity (Wildman–Crippen MR) is 130 cm³/mol. The second kappa shape index (κ2) is 9.31. The van der Waals surface area contributed by atoms with Crippen molar-refractivity contribution in [3.8, 4) is 0 Å². The van der Waals surface area contributed by atoms with Crippen molar-refractivity contribution in [3.05, 3.63) is 52.8 Å². The molecule has 1 aliphatic rings. The van der Waals surface area contributed by atoms with Crippen LogP contribution in [-0.2, 0) is 4.79 Å². The third-order valence-electron chi connectivity index (χ3n) is 6.25. The predicted octanol–water partition coefficient (Wildman–Crippen LogP) is 3.33. The molecular formula is C25H32N6O2. The number of nitrogens with one attached hydrogen (secondary N) is 1. The summed E-state index contributed by atoms with van der Waals surface area (Å²) in [5.74, 6) is -0.0429. The summed E-state index contributed by atoms with van der Waals surface area (Å²) < 4.78 is 1.87. The minimum atomic E-state index is -0.0279. The van der Waals surface area contributed by atoms with Gasteiger partial charge in [0.25, 0.3) is 5.91 Å². The Balaban J connectivity index is 1.37. The highest BCUT2D eigenvalue weighted by molar-refractivity contribution is 5.98. The van der Waals surface area contributed by atoms with Gasteiger partial charge in [0.15, 0.2) is 5.65 Å². The molecule has 8 heteroatoms. The van der Waals surface area contributed by atoms with Crippen molar-refractivity contribution in [3.63, 3.8) is 0 Å². The number of anilines is 1. The van der Waals surface area contributed by atoms with E-state index in [1.807, 2.05) is 54.6 Å². The van der Waals surface area contributed by atoms with Gasteiger partial charge in [-0.1, -0.05) is 18.2 Å². The first-order chi connectivity index (χ1) is 15.7. The average Bonchev–Trinajstić information content (AvgIpc) is 3.19. The average molecular weight is 449 g/mol. The third-order valence-corrected chi connectivity index (χ3v) is 6.25. The number of hydrogen-bond acceptors (Lipinski definition) is 5.